The molecule has 2 amide bonds. The summed E-state index contributed by atoms with van der Waals surface area (Å²) in [6, 6.07) is 13.9. The molecule has 2 saturated heterocycles. The van der Waals surface area contributed by atoms with Gasteiger partial charge in [-0.2, -0.15) is 0 Å². The number of hydrogen-bond donors (Lipinski definition) is 2. The second kappa shape index (κ2) is 12.6. The van der Waals surface area contributed by atoms with E-state index in [-0.39, 0.29) is 19.3 Å². The highest BCUT2D eigenvalue weighted by Gasteiger charge is 2.39. The number of nitrogens with zero attached hydrogens (tertiary/aromatic N) is 2. The van der Waals surface area contributed by atoms with Crippen molar-refractivity contribution in [2.45, 2.75) is 63.2 Å². The van der Waals surface area contributed by atoms with Gasteiger partial charge in [0.05, 0.1) is 11.7 Å². The monoisotopic (exact) mass is 529 g/mol. The average Bonchev–Trinajstić information content (AvgIpc) is 3.21. The van der Waals surface area contributed by atoms with Gasteiger partial charge in [-0.25, -0.2) is 4.79 Å². The van der Waals surface area contributed by atoms with Crippen LogP contribution in [-0.4, -0.2) is 73.2 Å². The lowest BCUT2D eigenvalue weighted by Gasteiger charge is -2.41. The van der Waals surface area contributed by atoms with E-state index in [4.69, 9.17) is 26.8 Å². The molecule has 3 atom stereocenters. The number of carbonyl (C=O) groups excluding carboxylic acids is 1. The van der Waals surface area contributed by atoms with Crippen LogP contribution in [0.4, 0.5) is 4.79 Å². The van der Waals surface area contributed by atoms with E-state index in [1.807, 2.05) is 12.1 Å². The Balaban J connectivity index is 1.67. The van der Waals surface area contributed by atoms with E-state index < -0.39 is 17.7 Å². The van der Waals surface area contributed by atoms with Crippen molar-refractivity contribution in [3.63, 3.8) is 0 Å². The number of aliphatic hydroxyl groups is 1. The van der Waals surface area contributed by atoms with Gasteiger partial charge in [0, 0.05) is 50.0 Å². The number of halogens is 1. The van der Waals surface area contributed by atoms with Crippen molar-refractivity contribution in [2.24, 2.45) is 5.73 Å². The van der Waals surface area contributed by atoms with E-state index in [1.165, 1.54) is 5.56 Å². The molecule has 0 saturated carbocycles. The van der Waals surface area contributed by atoms with Gasteiger partial charge >= 0.3 is 6.03 Å². The number of carbonyl (C=O) groups is 1. The summed E-state index contributed by atoms with van der Waals surface area (Å²) < 4.78 is 12.1. The number of benzene rings is 2. The van der Waals surface area contributed by atoms with Crippen LogP contribution in [0.1, 0.15) is 49.7 Å². The Hall–Kier alpha value is -2.16. The normalized spacial score (nSPS) is 24.7. The van der Waals surface area contributed by atoms with Gasteiger partial charge in [0.25, 0.3) is 0 Å². The Labute approximate surface area is 225 Å². The summed E-state index contributed by atoms with van der Waals surface area (Å²) in [6.07, 6.45) is 4.58. The van der Waals surface area contributed by atoms with Crippen molar-refractivity contribution in [1.29, 1.82) is 0 Å². The van der Waals surface area contributed by atoms with Gasteiger partial charge in [0.15, 0.2) is 0 Å². The summed E-state index contributed by atoms with van der Waals surface area (Å²) in [7, 11) is 1.72. The average molecular weight is 530 g/mol. The minimum atomic E-state index is -0.692. The highest BCUT2D eigenvalue weighted by molar-refractivity contribution is 6.33. The third-order valence-electron chi connectivity index (χ3n) is 7.62. The maximum Gasteiger partial charge on any atom is 0.321 e. The summed E-state index contributed by atoms with van der Waals surface area (Å²) >= 11 is 6.86. The van der Waals surface area contributed by atoms with E-state index in [1.54, 1.807) is 16.9 Å². The van der Waals surface area contributed by atoms with E-state index in [9.17, 15) is 9.90 Å². The van der Waals surface area contributed by atoms with Crippen molar-refractivity contribution in [3.8, 4) is 11.1 Å². The topological polar surface area (TPSA) is 88.3 Å². The second-order valence-electron chi connectivity index (χ2n) is 10.4. The molecule has 7 nitrogen and oxygen atoms in total. The van der Waals surface area contributed by atoms with Crippen LogP contribution < -0.4 is 5.73 Å². The number of nitrogens with two attached hydrogens (primary N) is 1. The first kappa shape index (κ1) is 27.9. The molecule has 37 heavy (non-hydrogen) atoms. The molecule has 0 radical (unpaired) electrons. The molecule has 2 aliphatic heterocycles. The van der Waals surface area contributed by atoms with Crippen LogP contribution in [-0.2, 0) is 15.1 Å². The van der Waals surface area contributed by atoms with Gasteiger partial charge in [-0.3, -0.25) is 0 Å². The Bertz CT molecular complexity index is 1060. The molecule has 0 aromatic heterocycles. The maximum atomic E-state index is 13.4. The highest BCUT2D eigenvalue weighted by atomic mass is 35.5. The summed E-state index contributed by atoms with van der Waals surface area (Å²) in [5.74, 6) is 0. The third kappa shape index (κ3) is 6.47. The zero-order valence-electron chi connectivity index (χ0n) is 22.0. The lowest BCUT2D eigenvalue weighted by molar-refractivity contribution is -0.111. The lowest BCUT2D eigenvalue weighted by atomic mass is 9.79. The van der Waals surface area contributed by atoms with Crippen LogP contribution in [0.3, 0.4) is 0 Å². The molecule has 4 rings (SSSR count). The molecule has 2 aromatic carbocycles. The van der Waals surface area contributed by atoms with Gasteiger partial charge in [-0.05, 0) is 62.6 Å². The minimum Gasteiger partial charge on any atom is -0.390 e. The fourth-order valence-corrected chi connectivity index (χ4v) is 5.85. The number of methoxy groups -OCH3 is 1. The lowest BCUT2D eigenvalue weighted by Crippen LogP contribution is -2.47. The Morgan fingerprint density at radius 2 is 2.00 bits per heavy atom. The van der Waals surface area contributed by atoms with E-state index >= 15 is 0 Å². The standard InChI is InChI=1S/C29H40ClN3O4/c1-21-9-7-10-22(17-21)27-23(11-8-12-24(27)30)29(14-4-6-16-36-2)13-3-5-15-32(20-37-29)28(35)33-18-25(31)26(34)19-33/h7-12,17,25-26,34H,3-6,13-16,18-20,31H2,1-2H3/t25-,26+,29-/m1/s1. The van der Waals surface area contributed by atoms with Gasteiger partial charge < -0.3 is 30.1 Å². The number of likely N-dealkylation sites (tertiary alicyclic amines) is 1. The number of rotatable bonds is 7. The molecule has 2 fully saturated rings. The van der Waals surface area contributed by atoms with Crippen LogP contribution in [0.25, 0.3) is 11.1 Å². The van der Waals surface area contributed by atoms with Crippen LogP contribution in [0.2, 0.25) is 5.02 Å². The predicted octanol–water partition coefficient (Wildman–Crippen LogP) is 4.91. The van der Waals surface area contributed by atoms with Gasteiger partial charge in [0.2, 0.25) is 0 Å². The quantitative estimate of drug-likeness (QED) is 0.497. The molecular weight excluding hydrogens is 490 g/mol. The van der Waals surface area contributed by atoms with Crippen molar-refractivity contribution >= 4 is 17.6 Å². The van der Waals surface area contributed by atoms with Gasteiger partial charge in [-0.1, -0.05) is 53.6 Å². The Morgan fingerprint density at radius 1 is 1.19 bits per heavy atom. The van der Waals surface area contributed by atoms with E-state index in [2.05, 4.69) is 37.3 Å². The number of hydrogen-bond acceptors (Lipinski definition) is 5. The SMILES string of the molecule is COCCCC[C@@]1(c2cccc(Cl)c2-c2cccc(C)c2)CCCCN(C(=O)N2C[C@@H](N)[C@@H](O)C2)CO1. The van der Waals surface area contributed by atoms with Crippen molar-refractivity contribution in [2.75, 3.05) is 40.1 Å². The highest BCUT2D eigenvalue weighted by Crippen LogP contribution is 2.45. The first-order valence-corrected chi connectivity index (χ1v) is 13.7. The van der Waals surface area contributed by atoms with Crippen LogP contribution in [0, 0.1) is 6.92 Å². The molecule has 2 heterocycles. The predicted molar refractivity (Wildman–Crippen MR) is 146 cm³/mol. The number of aliphatic hydroxyl groups excluding tert-OH is 1. The second-order valence-corrected chi connectivity index (χ2v) is 10.8. The number of urea groups is 1. The smallest absolute Gasteiger partial charge is 0.321 e. The maximum absolute atomic E-state index is 13.4. The van der Waals surface area contributed by atoms with Crippen LogP contribution in [0.5, 0.6) is 0 Å². The molecule has 3 N–H and O–H groups in total. The third-order valence-corrected chi connectivity index (χ3v) is 7.93. The van der Waals surface area contributed by atoms with E-state index in [0.717, 1.165) is 55.2 Å². The minimum absolute atomic E-state index is 0.132. The number of unbranched alkanes of at least 4 members (excludes halogenated alkanes) is 1. The summed E-state index contributed by atoms with van der Waals surface area (Å²) in [6.45, 7) is 4.16. The van der Waals surface area contributed by atoms with Gasteiger partial charge in [-0.15, -0.1) is 0 Å². The first-order valence-electron chi connectivity index (χ1n) is 13.3. The van der Waals surface area contributed by atoms with Crippen LogP contribution in [0.15, 0.2) is 42.5 Å². The molecule has 0 aliphatic carbocycles. The number of amides is 2. The molecule has 0 spiro atoms. The summed E-state index contributed by atoms with van der Waals surface area (Å²) in [4.78, 5) is 16.7. The molecule has 2 aromatic rings. The summed E-state index contributed by atoms with van der Waals surface area (Å²) in [5.41, 5.74) is 9.66. The van der Waals surface area contributed by atoms with E-state index in [0.29, 0.717) is 24.7 Å². The Kier molecular flexibility index (Phi) is 9.48. The molecular formula is C29H40ClN3O4. The van der Waals surface area contributed by atoms with Crippen LogP contribution >= 0.6 is 11.6 Å². The number of aryl methyl sites for hydroxylation is 1. The summed E-state index contributed by atoms with van der Waals surface area (Å²) in [5, 5.41) is 10.8. The van der Waals surface area contributed by atoms with Gasteiger partial charge in [0.1, 0.15) is 6.73 Å². The molecule has 202 valence electrons. The molecule has 8 heteroatoms. The Morgan fingerprint density at radius 3 is 2.73 bits per heavy atom. The van der Waals surface area contributed by atoms with Crippen molar-refractivity contribution in [1.82, 2.24) is 9.80 Å². The largest absolute Gasteiger partial charge is 0.390 e. The van der Waals surface area contributed by atoms with Crippen molar-refractivity contribution < 1.29 is 19.4 Å². The number of ether oxygens (including phenoxy) is 2. The fourth-order valence-electron chi connectivity index (χ4n) is 5.57. The number of β-amino-alcohol motifs (C(OH)–C–C–N with tert-alkyl or cyclic N) is 1. The van der Waals surface area contributed by atoms with Crippen molar-refractivity contribution in [3.05, 3.63) is 58.6 Å². The zero-order chi connectivity index (χ0) is 26.4. The first-order chi connectivity index (χ1) is 17.8. The zero-order valence-corrected chi connectivity index (χ0v) is 22.8. The molecule has 2 aliphatic rings. The fraction of sp³-hybridized carbons (Fsp3) is 0.552. The molecule has 0 bridgehead atoms. The molecule has 0 unspecified atom stereocenters.